The number of nitrogens with one attached hydrogen (secondary N) is 1. The second-order valence-corrected chi connectivity index (χ2v) is 7.58. The van der Waals surface area contributed by atoms with E-state index >= 15 is 0 Å². The molecule has 0 saturated heterocycles. The molecule has 9 nitrogen and oxygen atoms in total. The van der Waals surface area contributed by atoms with Crippen LogP contribution in [0.5, 0.6) is 5.75 Å². The van der Waals surface area contributed by atoms with Gasteiger partial charge in [-0.05, 0) is 24.6 Å². The van der Waals surface area contributed by atoms with Gasteiger partial charge in [0.25, 0.3) is 5.56 Å². The number of methoxy groups -OCH3 is 1. The normalized spacial score (nSPS) is 11.9. The summed E-state index contributed by atoms with van der Waals surface area (Å²) in [5, 5.41) is 11.6. The van der Waals surface area contributed by atoms with E-state index in [9.17, 15) is 27.9 Å². The van der Waals surface area contributed by atoms with E-state index in [2.05, 4.69) is 15.1 Å². The topological polar surface area (TPSA) is 123 Å². The van der Waals surface area contributed by atoms with Crippen LogP contribution >= 0.6 is 0 Å². The molecule has 0 aliphatic heterocycles. The number of ether oxygens (including phenoxy) is 1. The molecule has 178 valence electrons. The molecule has 5 rings (SSSR count). The van der Waals surface area contributed by atoms with Gasteiger partial charge in [-0.1, -0.05) is 30.3 Å². The minimum atomic E-state index is -4.80. The van der Waals surface area contributed by atoms with Crippen LogP contribution in [0.2, 0.25) is 0 Å². The molecule has 2 aromatic carbocycles. The van der Waals surface area contributed by atoms with Crippen molar-refractivity contribution in [1.82, 2.24) is 19.6 Å². The molecule has 0 unspecified atom stereocenters. The first-order chi connectivity index (χ1) is 16.6. The molecule has 0 spiro atoms. The van der Waals surface area contributed by atoms with E-state index in [1.165, 1.54) is 38.3 Å². The van der Waals surface area contributed by atoms with E-state index < -0.39 is 23.4 Å². The zero-order valence-electron chi connectivity index (χ0n) is 18.1. The van der Waals surface area contributed by atoms with Gasteiger partial charge in [-0.2, -0.15) is 17.7 Å². The van der Waals surface area contributed by atoms with Gasteiger partial charge in [0, 0.05) is 0 Å². The number of hydrogen-bond acceptors (Lipinski definition) is 6. The van der Waals surface area contributed by atoms with Crippen LogP contribution in [0.25, 0.3) is 39.3 Å². The molecule has 0 fully saturated rings. The lowest BCUT2D eigenvalue weighted by Crippen LogP contribution is -2.20. The van der Waals surface area contributed by atoms with E-state index in [-0.39, 0.29) is 56.3 Å². The van der Waals surface area contributed by atoms with Crippen molar-refractivity contribution in [2.24, 2.45) is 0 Å². The van der Waals surface area contributed by atoms with E-state index in [4.69, 9.17) is 9.15 Å². The Morgan fingerprint density at radius 3 is 2.46 bits per heavy atom. The van der Waals surface area contributed by atoms with Gasteiger partial charge in [0.15, 0.2) is 16.7 Å². The molecule has 3 aromatic heterocycles. The van der Waals surface area contributed by atoms with Gasteiger partial charge in [-0.15, -0.1) is 0 Å². The quantitative estimate of drug-likeness (QED) is 0.384. The summed E-state index contributed by atoms with van der Waals surface area (Å²) in [4.78, 5) is 33.5. The van der Waals surface area contributed by atoms with Crippen LogP contribution < -0.4 is 10.3 Å². The van der Waals surface area contributed by atoms with Gasteiger partial charge in [-0.3, -0.25) is 9.89 Å². The number of fused-ring (bicyclic) bond motifs is 2. The molecule has 35 heavy (non-hydrogen) atoms. The van der Waals surface area contributed by atoms with Crippen molar-refractivity contribution in [2.75, 3.05) is 7.11 Å². The van der Waals surface area contributed by atoms with Crippen molar-refractivity contribution < 1.29 is 32.2 Å². The predicted octanol–water partition coefficient (Wildman–Crippen LogP) is 4.53. The number of aromatic carboxylic acids is 1. The summed E-state index contributed by atoms with van der Waals surface area (Å²) in [5.74, 6) is -1.41. The summed E-state index contributed by atoms with van der Waals surface area (Å²) < 4.78 is 53.2. The SMILES string of the molecule is COc1ccc(C(=O)O)c2oc(-c3c(C)nc4c(-c5ccccc5)c(C(F)(F)F)[nH]n4c3=O)nc12. The molecule has 0 atom stereocenters. The number of carboxylic acid groups (broad SMARTS) is 1. The van der Waals surface area contributed by atoms with Gasteiger partial charge in [0.1, 0.15) is 22.6 Å². The Hall–Kier alpha value is -4.61. The largest absolute Gasteiger partial charge is 0.494 e. The average molecular weight is 484 g/mol. The standard InChI is InChI=1S/C23H15F3N4O5/c1-10-14(20-28-16-13(34-2)9-8-12(22(32)33)17(16)35-20)21(31)30-19(27-10)15(11-6-4-3-5-7-11)18(29-30)23(24,25)26/h3-9,29H,1-2H3,(H,32,33). The summed E-state index contributed by atoms with van der Waals surface area (Å²) in [6.45, 7) is 1.43. The molecule has 3 heterocycles. The lowest BCUT2D eigenvalue weighted by molar-refractivity contribution is -0.140. The third-order valence-electron chi connectivity index (χ3n) is 5.48. The van der Waals surface area contributed by atoms with Crippen LogP contribution in [0, 0.1) is 6.92 Å². The lowest BCUT2D eigenvalue weighted by atomic mass is 10.1. The third kappa shape index (κ3) is 3.41. The maximum atomic E-state index is 13.9. The minimum Gasteiger partial charge on any atom is -0.494 e. The summed E-state index contributed by atoms with van der Waals surface area (Å²) in [5.41, 5.74) is -2.85. The van der Waals surface area contributed by atoms with Crippen LogP contribution in [0.15, 0.2) is 51.7 Å². The van der Waals surface area contributed by atoms with Gasteiger partial charge in [0.2, 0.25) is 5.89 Å². The Balaban J connectivity index is 1.83. The number of aryl methyl sites for hydroxylation is 1. The highest BCUT2D eigenvalue weighted by molar-refractivity contribution is 6.02. The molecule has 0 aliphatic rings. The van der Waals surface area contributed by atoms with Crippen LogP contribution in [0.4, 0.5) is 13.2 Å². The Bertz CT molecular complexity index is 1680. The summed E-state index contributed by atoms with van der Waals surface area (Å²) in [7, 11) is 1.35. The maximum Gasteiger partial charge on any atom is 0.433 e. The fraction of sp³-hybridized carbons (Fsp3) is 0.130. The molecule has 0 bridgehead atoms. The average Bonchev–Trinajstić information content (AvgIpc) is 3.41. The summed E-state index contributed by atoms with van der Waals surface area (Å²) in [6, 6.07) is 10.4. The summed E-state index contributed by atoms with van der Waals surface area (Å²) in [6.07, 6.45) is -4.80. The molecular weight excluding hydrogens is 469 g/mol. The van der Waals surface area contributed by atoms with Crippen LogP contribution in [0.1, 0.15) is 21.7 Å². The van der Waals surface area contributed by atoms with Gasteiger partial charge in [0.05, 0.1) is 18.4 Å². The number of rotatable bonds is 4. The molecule has 0 saturated carbocycles. The predicted molar refractivity (Wildman–Crippen MR) is 118 cm³/mol. The highest BCUT2D eigenvalue weighted by Gasteiger charge is 2.38. The number of oxazole rings is 1. The summed E-state index contributed by atoms with van der Waals surface area (Å²) >= 11 is 0. The monoisotopic (exact) mass is 484 g/mol. The molecular formula is C23H15F3N4O5. The van der Waals surface area contributed by atoms with Crippen molar-refractivity contribution in [1.29, 1.82) is 0 Å². The highest BCUT2D eigenvalue weighted by Crippen LogP contribution is 2.39. The minimum absolute atomic E-state index is 0.0405. The maximum absolute atomic E-state index is 13.9. The van der Waals surface area contributed by atoms with Crippen LogP contribution in [-0.4, -0.2) is 37.8 Å². The van der Waals surface area contributed by atoms with Gasteiger partial charge >= 0.3 is 12.1 Å². The molecule has 0 aliphatic carbocycles. The molecule has 0 radical (unpaired) electrons. The van der Waals surface area contributed by atoms with E-state index in [0.29, 0.717) is 4.52 Å². The van der Waals surface area contributed by atoms with E-state index in [1.54, 1.807) is 18.2 Å². The number of H-pyrrole nitrogens is 1. The number of nitrogens with zero attached hydrogens (tertiary/aromatic N) is 3. The van der Waals surface area contributed by atoms with Crippen molar-refractivity contribution in [3.05, 3.63) is 69.8 Å². The molecule has 12 heteroatoms. The van der Waals surface area contributed by atoms with Crippen molar-refractivity contribution in [3.63, 3.8) is 0 Å². The van der Waals surface area contributed by atoms with Gasteiger partial charge < -0.3 is 14.3 Å². The second kappa shape index (κ2) is 7.72. The third-order valence-corrected chi connectivity index (χ3v) is 5.48. The fourth-order valence-electron chi connectivity index (χ4n) is 3.93. The molecule has 2 N–H and O–H groups in total. The first-order valence-electron chi connectivity index (χ1n) is 10.1. The lowest BCUT2D eigenvalue weighted by Gasteiger charge is -2.07. The smallest absolute Gasteiger partial charge is 0.433 e. The fourth-order valence-corrected chi connectivity index (χ4v) is 3.93. The number of hydrogen-bond donors (Lipinski definition) is 2. The Morgan fingerprint density at radius 2 is 1.83 bits per heavy atom. The number of benzene rings is 2. The zero-order valence-corrected chi connectivity index (χ0v) is 18.1. The number of aromatic nitrogens is 4. The Kier molecular flexibility index (Phi) is 4.90. The zero-order chi connectivity index (χ0) is 25.1. The molecule has 5 aromatic rings. The Labute approximate surface area is 193 Å². The first kappa shape index (κ1) is 22.2. The number of aromatic amines is 1. The first-order valence-corrected chi connectivity index (χ1v) is 10.1. The van der Waals surface area contributed by atoms with E-state index in [0.717, 1.165) is 0 Å². The number of carboxylic acids is 1. The number of alkyl halides is 3. The van der Waals surface area contributed by atoms with Crippen LogP contribution in [-0.2, 0) is 6.18 Å². The second-order valence-electron chi connectivity index (χ2n) is 7.58. The number of carbonyl (C=O) groups is 1. The van der Waals surface area contributed by atoms with Crippen molar-refractivity contribution in [3.8, 4) is 28.3 Å². The van der Waals surface area contributed by atoms with Crippen molar-refractivity contribution in [2.45, 2.75) is 13.1 Å². The van der Waals surface area contributed by atoms with Gasteiger partial charge in [-0.25, -0.2) is 14.8 Å². The van der Waals surface area contributed by atoms with Crippen LogP contribution in [0.3, 0.4) is 0 Å². The highest BCUT2D eigenvalue weighted by atomic mass is 19.4. The number of halogens is 3. The van der Waals surface area contributed by atoms with E-state index in [1.807, 2.05) is 0 Å². The molecule has 0 amide bonds. The van der Waals surface area contributed by atoms with Crippen molar-refractivity contribution >= 4 is 22.7 Å². The Morgan fingerprint density at radius 1 is 1.11 bits per heavy atom.